The summed E-state index contributed by atoms with van der Waals surface area (Å²) in [5, 5.41) is 9.79. The molecule has 1 aliphatic heterocycles. The number of primary amides is 1. The summed E-state index contributed by atoms with van der Waals surface area (Å²) in [6, 6.07) is 0. The molecule has 0 unspecified atom stereocenters. The minimum atomic E-state index is -0.605. The fourth-order valence-electron chi connectivity index (χ4n) is 2.43. The number of rotatable bonds is 5. The standard InChI is InChI=1S/C8H15NO2S.C6H7NO4.C2H6/c1-12-8(11)4-2-6(3-5-8)7(9)10;8-4-11-3-7-5(9)1-2-6(7)10;1-2/h6,11H,2-5H2,1H3,(H2,9,10);4H,1-3H2;1-2H3. The van der Waals surface area contributed by atoms with Gasteiger partial charge in [-0.25, -0.2) is 4.90 Å². The number of thioether (sulfide) groups is 1. The summed E-state index contributed by atoms with van der Waals surface area (Å²) in [6.07, 6.45) is 5.16. The molecule has 1 heterocycles. The van der Waals surface area contributed by atoms with E-state index in [9.17, 15) is 24.3 Å². The van der Waals surface area contributed by atoms with Crippen molar-refractivity contribution < 1.29 is 29.0 Å². The van der Waals surface area contributed by atoms with Crippen molar-refractivity contribution in [1.29, 1.82) is 0 Å². The van der Waals surface area contributed by atoms with Crippen molar-refractivity contribution in [2.75, 3.05) is 13.0 Å². The Kier molecular flexibility index (Phi) is 11.1. The van der Waals surface area contributed by atoms with Gasteiger partial charge in [0.05, 0.1) is 0 Å². The Morgan fingerprint density at radius 1 is 1.32 bits per heavy atom. The maximum atomic E-state index is 10.8. The lowest BCUT2D eigenvalue weighted by Crippen LogP contribution is -2.35. The van der Waals surface area contributed by atoms with Gasteiger partial charge in [0, 0.05) is 18.8 Å². The predicted octanol–water partition coefficient (Wildman–Crippen LogP) is 1.01. The van der Waals surface area contributed by atoms with Gasteiger partial charge in [-0.1, -0.05) is 13.8 Å². The van der Waals surface area contributed by atoms with Crippen LogP contribution in [0.25, 0.3) is 0 Å². The molecule has 0 aromatic rings. The van der Waals surface area contributed by atoms with Crippen LogP contribution in [0.2, 0.25) is 0 Å². The fourth-order valence-corrected chi connectivity index (χ4v) is 3.07. The van der Waals surface area contributed by atoms with Gasteiger partial charge in [0.25, 0.3) is 6.47 Å². The molecule has 2 fully saturated rings. The van der Waals surface area contributed by atoms with Crippen molar-refractivity contribution in [2.24, 2.45) is 11.7 Å². The summed E-state index contributed by atoms with van der Waals surface area (Å²) >= 11 is 1.47. The number of imide groups is 1. The summed E-state index contributed by atoms with van der Waals surface area (Å²) in [7, 11) is 0. The molecule has 2 aliphatic rings. The lowest BCUT2D eigenvalue weighted by molar-refractivity contribution is -0.148. The van der Waals surface area contributed by atoms with E-state index in [1.807, 2.05) is 20.1 Å². The van der Waals surface area contributed by atoms with Crippen LogP contribution in [0.15, 0.2) is 0 Å². The van der Waals surface area contributed by atoms with E-state index in [-0.39, 0.29) is 49.7 Å². The Morgan fingerprint density at radius 3 is 2.16 bits per heavy atom. The third-order valence-corrected chi connectivity index (χ3v) is 5.14. The van der Waals surface area contributed by atoms with Crippen LogP contribution in [0.3, 0.4) is 0 Å². The second-order valence-corrected chi connectivity index (χ2v) is 6.60. The van der Waals surface area contributed by atoms with Crippen LogP contribution in [-0.2, 0) is 23.9 Å². The van der Waals surface area contributed by atoms with E-state index in [0.29, 0.717) is 12.8 Å². The Balaban J connectivity index is 0.000000421. The maximum absolute atomic E-state index is 10.8. The number of ether oxygens (including phenoxy) is 1. The molecule has 1 aliphatic carbocycles. The van der Waals surface area contributed by atoms with Gasteiger partial charge in [-0.2, -0.15) is 0 Å². The van der Waals surface area contributed by atoms with E-state index in [1.165, 1.54) is 11.8 Å². The zero-order chi connectivity index (χ0) is 19.5. The summed E-state index contributed by atoms with van der Waals surface area (Å²) in [5.41, 5.74) is 5.17. The number of hydrogen-bond donors (Lipinski definition) is 2. The molecule has 25 heavy (non-hydrogen) atoms. The van der Waals surface area contributed by atoms with E-state index in [1.54, 1.807) is 0 Å². The average Bonchev–Trinajstić information content (AvgIpc) is 2.94. The number of likely N-dealkylation sites (tertiary alicyclic amines) is 1. The zero-order valence-corrected chi connectivity index (χ0v) is 15.8. The van der Waals surface area contributed by atoms with Crippen LogP contribution in [0.5, 0.6) is 0 Å². The smallest absolute Gasteiger partial charge is 0.294 e. The minimum Gasteiger partial charge on any atom is -0.446 e. The first-order chi connectivity index (χ1) is 11.8. The molecule has 0 radical (unpaired) electrons. The van der Waals surface area contributed by atoms with Gasteiger partial charge in [0.2, 0.25) is 17.7 Å². The molecule has 2 rings (SSSR count). The predicted molar refractivity (Wildman–Crippen MR) is 94.1 cm³/mol. The summed E-state index contributed by atoms with van der Waals surface area (Å²) in [6.45, 7) is 3.96. The van der Waals surface area contributed by atoms with Gasteiger partial charge < -0.3 is 15.6 Å². The molecule has 3 N–H and O–H groups in total. The highest BCUT2D eigenvalue weighted by Crippen LogP contribution is 2.38. The first-order valence-corrected chi connectivity index (χ1v) is 9.50. The van der Waals surface area contributed by atoms with Crippen LogP contribution < -0.4 is 5.73 Å². The molecule has 0 aromatic heterocycles. The zero-order valence-electron chi connectivity index (χ0n) is 15.0. The van der Waals surface area contributed by atoms with Crippen molar-refractivity contribution in [2.45, 2.75) is 57.3 Å². The molecule has 0 atom stereocenters. The van der Waals surface area contributed by atoms with Crippen molar-refractivity contribution >= 4 is 36.0 Å². The number of hydrogen-bond acceptors (Lipinski definition) is 7. The molecule has 0 spiro atoms. The van der Waals surface area contributed by atoms with Gasteiger partial charge in [-0.3, -0.25) is 19.2 Å². The highest BCUT2D eigenvalue weighted by molar-refractivity contribution is 7.99. The number of amides is 3. The number of nitrogens with zero attached hydrogens (tertiary/aromatic N) is 1. The summed E-state index contributed by atoms with van der Waals surface area (Å²) in [5.74, 6) is -0.802. The number of nitrogens with two attached hydrogens (primary N) is 1. The molecular weight excluding hydrogens is 348 g/mol. The van der Waals surface area contributed by atoms with Crippen molar-refractivity contribution in [3.05, 3.63) is 0 Å². The topological polar surface area (TPSA) is 127 Å². The van der Waals surface area contributed by atoms with E-state index in [4.69, 9.17) is 5.73 Å². The monoisotopic (exact) mass is 376 g/mol. The minimum absolute atomic E-state index is 0.0163. The molecule has 0 aromatic carbocycles. The lowest BCUT2D eigenvalue weighted by atomic mass is 9.86. The van der Waals surface area contributed by atoms with Crippen LogP contribution in [0.4, 0.5) is 0 Å². The Bertz CT molecular complexity index is 448. The molecule has 144 valence electrons. The van der Waals surface area contributed by atoms with E-state index >= 15 is 0 Å². The molecule has 1 saturated carbocycles. The Labute approximate surface area is 152 Å². The number of aliphatic hydroxyl groups is 1. The van der Waals surface area contributed by atoms with Gasteiger partial charge in [0.15, 0.2) is 6.73 Å². The van der Waals surface area contributed by atoms with Gasteiger partial charge in [0.1, 0.15) is 4.93 Å². The van der Waals surface area contributed by atoms with Crippen LogP contribution in [0.1, 0.15) is 52.4 Å². The Morgan fingerprint density at radius 2 is 1.80 bits per heavy atom. The highest BCUT2D eigenvalue weighted by atomic mass is 32.2. The average molecular weight is 376 g/mol. The lowest BCUT2D eigenvalue weighted by Gasteiger charge is -2.33. The van der Waals surface area contributed by atoms with Gasteiger partial charge in [-0.15, -0.1) is 11.8 Å². The van der Waals surface area contributed by atoms with Crippen LogP contribution in [0, 0.1) is 5.92 Å². The molecule has 9 heteroatoms. The third-order valence-electron chi connectivity index (χ3n) is 3.98. The van der Waals surface area contributed by atoms with Crippen LogP contribution >= 0.6 is 11.8 Å². The van der Waals surface area contributed by atoms with Crippen molar-refractivity contribution in [3.8, 4) is 0 Å². The molecule has 0 bridgehead atoms. The fraction of sp³-hybridized carbons (Fsp3) is 0.750. The quantitative estimate of drug-likeness (QED) is 0.416. The first kappa shape index (κ1) is 23.4. The highest BCUT2D eigenvalue weighted by Gasteiger charge is 2.34. The normalized spacial score (nSPS) is 25.3. The summed E-state index contributed by atoms with van der Waals surface area (Å²) in [4.78, 5) is 42.4. The third kappa shape index (κ3) is 7.87. The molecule has 1 saturated heterocycles. The molecule has 8 nitrogen and oxygen atoms in total. The van der Waals surface area contributed by atoms with Gasteiger partial charge >= 0.3 is 0 Å². The second-order valence-electron chi connectivity index (χ2n) is 5.43. The number of carbonyl (C=O) groups is 4. The maximum Gasteiger partial charge on any atom is 0.294 e. The first-order valence-electron chi connectivity index (χ1n) is 8.28. The van der Waals surface area contributed by atoms with Crippen molar-refractivity contribution in [1.82, 2.24) is 4.90 Å². The molecular formula is C16H28N2O6S. The Hall–Kier alpha value is -1.61. The van der Waals surface area contributed by atoms with Crippen LogP contribution in [-0.4, -0.2) is 52.1 Å². The van der Waals surface area contributed by atoms with E-state index in [2.05, 4.69) is 4.74 Å². The second kappa shape index (κ2) is 11.9. The van der Waals surface area contributed by atoms with Crippen molar-refractivity contribution in [3.63, 3.8) is 0 Å². The van der Waals surface area contributed by atoms with E-state index < -0.39 is 4.93 Å². The van der Waals surface area contributed by atoms with E-state index in [0.717, 1.165) is 17.7 Å². The SMILES string of the molecule is CC.CSC1(O)CCC(C(N)=O)CC1.O=COCN1C(=O)CCC1=O. The van der Waals surface area contributed by atoms with Gasteiger partial charge in [-0.05, 0) is 31.9 Å². The molecule has 3 amide bonds. The number of carbonyl (C=O) groups excluding carboxylic acids is 4. The largest absolute Gasteiger partial charge is 0.446 e. The summed E-state index contributed by atoms with van der Waals surface area (Å²) < 4.78 is 4.26.